The first-order valence-electron chi connectivity index (χ1n) is 5.43. The fourth-order valence-electron chi connectivity index (χ4n) is 2.16. The molecule has 0 aliphatic heterocycles. The van der Waals surface area contributed by atoms with Crippen LogP contribution >= 0.6 is 11.6 Å². The maximum absolute atomic E-state index is 5.93. The first-order chi connectivity index (χ1) is 7.75. The van der Waals surface area contributed by atoms with Crippen molar-refractivity contribution in [3.05, 3.63) is 53.2 Å². The summed E-state index contributed by atoms with van der Waals surface area (Å²) in [5, 5.41) is -0.163. The van der Waals surface area contributed by atoms with Crippen LogP contribution in [0.2, 0.25) is 0 Å². The number of oxazole rings is 1. The molecule has 0 fully saturated rings. The number of fused-ring (bicyclic) bond motifs is 1. The lowest BCUT2D eigenvalue weighted by molar-refractivity contribution is 0.426. The second-order valence-corrected chi connectivity index (χ2v) is 4.83. The van der Waals surface area contributed by atoms with Gasteiger partial charge in [-0.15, -0.1) is 11.6 Å². The van der Waals surface area contributed by atoms with Gasteiger partial charge in [-0.25, -0.2) is 4.98 Å². The molecule has 1 heterocycles. The van der Waals surface area contributed by atoms with Crippen molar-refractivity contribution in [1.82, 2.24) is 4.98 Å². The van der Waals surface area contributed by atoms with Crippen LogP contribution in [0, 0.1) is 0 Å². The lowest BCUT2D eigenvalue weighted by Gasteiger charge is -2.27. The number of hydrogen-bond donors (Lipinski definition) is 0. The molecule has 3 heteroatoms. The lowest BCUT2D eigenvalue weighted by Crippen LogP contribution is -2.17. The quantitative estimate of drug-likeness (QED) is 0.740. The zero-order valence-corrected chi connectivity index (χ0v) is 9.74. The van der Waals surface area contributed by atoms with Crippen LogP contribution in [-0.4, -0.2) is 4.98 Å². The average Bonchev–Trinajstić information content (AvgIpc) is 2.69. The zero-order chi connectivity index (χ0) is 11.1. The van der Waals surface area contributed by atoms with E-state index >= 15 is 0 Å². The van der Waals surface area contributed by atoms with Crippen LogP contribution in [0.5, 0.6) is 0 Å². The van der Waals surface area contributed by atoms with Gasteiger partial charge in [0.2, 0.25) is 5.89 Å². The predicted molar refractivity (Wildman–Crippen MR) is 62.8 cm³/mol. The number of rotatable bonds is 2. The largest absolute Gasteiger partial charge is 0.443 e. The van der Waals surface area contributed by atoms with E-state index in [-0.39, 0.29) is 5.38 Å². The summed E-state index contributed by atoms with van der Waals surface area (Å²) >= 11 is 5.93. The summed E-state index contributed by atoms with van der Waals surface area (Å²) in [4.78, 5) is 4.19. The highest BCUT2D eigenvalue weighted by Gasteiger charge is 2.30. The summed E-state index contributed by atoms with van der Waals surface area (Å²) in [5.41, 5.74) is 2.76. The number of alkyl halides is 1. The van der Waals surface area contributed by atoms with Crippen molar-refractivity contribution in [2.75, 3.05) is 0 Å². The molecule has 0 saturated carbocycles. The van der Waals surface area contributed by atoms with Gasteiger partial charge in [0.1, 0.15) is 11.1 Å². The van der Waals surface area contributed by atoms with E-state index in [0.29, 0.717) is 11.8 Å². The van der Waals surface area contributed by atoms with Gasteiger partial charge in [0.15, 0.2) is 0 Å². The summed E-state index contributed by atoms with van der Waals surface area (Å²) in [6.45, 7) is 1.87. The fourth-order valence-corrected chi connectivity index (χ4v) is 2.26. The van der Waals surface area contributed by atoms with Gasteiger partial charge in [0, 0.05) is 5.92 Å². The number of halogens is 1. The van der Waals surface area contributed by atoms with Crippen LogP contribution in [0.25, 0.3) is 0 Å². The van der Waals surface area contributed by atoms with E-state index in [1.54, 1.807) is 6.20 Å². The number of benzene rings is 1. The molecular weight excluding hydrogens is 222 g/mol. The molecule has 16 heavy (non-hydrogen) atoms. The third-order valence-corrected chi connectivity index (χ3v) is 3.27. The van der Waals surface area contributed by atoms with E-state index in [1.165, 1.54) is 11.1 Å². The van der Waals surface area contributed by atoms with Crippen molar-refractivity contribution in [2.24, 2.45) is 0 Å². The highest BCUT2D eigenvalue weighted by molar-refractivity contribution is 6.20. The van der Waals surface area contributed by atoms with Gasteiger partial charge in [0.05, 0.1) is 6.20 Å². The highest BCUT2D eigenvalue weighted by Crippen LogP contribution is 2.40. The minimum Gasteiger partial charge on any atom is -0.443 e. The molecule has 0 bridgehead atoms. The monoisotopic (exact) mass is 233 g/mol. The first-order valence-corrected chi connectivity index (χ1v) is 5.87. The number of nitrogens with zero attached hydrogens (tertiary/aromatic N) is 1. The molecule has 1 aromatic carbocycles. The molecule has 2 aromatic rings. The number of hydrogen-bond acceptors (Lipinski definition) is 2. The van der Waals surface area contributed by atoms with Crippen LogP contribution in [-0.2, 0) is 6.42 Å². The molecule has 0 N–H and O–H groups in total. The SMILES string of the molecule is CC(Cl)c1ncc(C2Cc3ccccc32)o1. The molecule has 2 atom stereocenters. The Labute approximate surface area is 99.3 Å². The van der Waals surface area contributed by atoms with Crippen molar-refractivity contribution >= 4 is 11.6 Å². The standard InChI is InChI=1S/C13H12ClNO/c1-8(14)13-15-7-12(16-13)11-6-9-4-2-3-5-10(9)11/h2-5,7-8,11H,6H2,1H3. The van der Waals surface area contributed by atoms with E-state index in [1.807, 2.05) is 6.92 Å². The van der Waals surface area contributed by atoms with Gasteiger partial charge in [-0.2, -0.15) is 0 Å². The molecule has 1 aliphatic carbocycles. The molecular formula is C13H12ClNO. The van der Waals surface area contributed by atoms with Crippen molar-refractivity contribution < 1.29 is 4.42 Å². The third-order valence-electron chi connectivity index (χ3n) is 3.08. The van der Waals surface area contributed by atoms with Crippen LogP contribution in [0.1, 0.15) is 41.0 Å². The minimum absolute atomic E-state index is 0.163. The van der Waals surface area contributed by atoms with E-state index in [2.05, 4.69) is 29.2 Å². The Morgan fingerprint density at radius 1 is 1.44 bits per heavy atom. The zero-order valence-electron chi connectivity index (χ0n) is 8.98. The molecule has 0 saturated heterocycles. The Bertz CT molecular complexity index is 518. The molecule has 0 radical (unpaired) electrons. The summed E-state index contributed by atoms with van der Waals surface area (Å²) in [7, 11) is 0. The van der Waals surface area contributed by atoms with E-state index in [9.17, 15) is 0 Å². The van der Waals surface area contributed by atoms with Crippen molar-refractivity contribution in [3.63, 3.8) is 0 Å². The van der Waals surface area contributed by atoms with Crippen molar-refractivity contribution in [3.8, 4) is 0 Å². The second-order valence-electron chi connectivity index (χ2n) is 4.17. The molecule has 0 amide bonds. The van der Waals surface area contributed by atoms with Gasteiger partial charge >= 0.3 is 0 Å². The predicted octanol–water partition coefficient (Wildman–Crippen LogP) is 3.66. The molecule has 82 valence electrons. The molecule has 1 aliphatic rings. The highest BCUT2D eigenvalue weighted by atomic mass is 35.5. The summed E-state index contributed by atoms with van der Waals surface area (Å²) in [6, 6.07) is 8.44. The maximum atomic E-state index is 5.93. The summed E-state index contributed by atoms with van der Waals surface area (Å²) < 4.78 is 5.66. The summed E-state index contributed by atoms with van der Waals surface area (Å²) in [6.07, 6.45) is 2.84. The van der Waals surface area contributed by atoms with Crippen molar-refractivity contribution in [1.29, 1.82) is 0 Å². The smallest absolute Gasteiger partial charge is 0.212 e. The number of aromatic nitrogens is 1. The van der Waals surface area contributed by atoms with Gasteiger partial charge in [-0.05, 0) is 24.5 Å². The Kier molecular flexibility index (Phi) is 2.25. The second kappa shape index (κ2) is 3.63. The fraction of sp³-hybridized carbons (Fsp3) is 0.308. The third kappa shape index (κ3) is 1.45. The molecule has 2 nitrogen and oxygen atoms in total. The van der Waals surface area contributed by atoms with Crippen LogP contribution in [0.4, 0.5) is 0 Å². The van der Waals surface area contributed by atoms with Gasteiger partial charge in [-0.3, -0.25) is 0 Å². The van der Waals surface area contributed by atoms with Crippen molar-refractivity contribution in [2.45, 2.75) is 24.6 Å². The Morgan fingerprint density at radius 2 is 2.25 bits per heavy atom. The van der Waals surface area contributed by atoms with Crippen LogP contribution in [0.3, 0.4) is 0 Å². The average molecular weight is 234 g/mol. The van der Waals surface area contributed by atoms with E-state index in [4.69, 9.17) is 16.0 Å². The van der Waals surface area contributed by atoms with E-state index in [0.717, 1.165) is 12.2 Å². The maximum Gasteiger partial charge on any atom is 0.212 e. The lowest BCUT2D eigenvalue weighted by atomic mass is 9.76. The van der Waals surface area contributed by atoms with Gasteiger partial charge < -0.3 is 4.42 Å². The van der Waals surface area contributed by atoms with Crippen LogP contribution < -0.4 is 0 Å². The Morgan fingerprint density at radius 3 is 2.94 bits per heavy atom. The Balaban J connectivity index is 1.91. The molecule has 0 spiro atoms. The summed E-state index contributed by atoms with van der Waals surface area (Å²) in [5.74, 6) is 1.91. The molecule has 2 unspecified atom stereocenters. The molecule has 3 rings (SSSR count). The Hall–Kier alpha value is -1.28. The van der Waals surface area contributed by atoms with Crippen LogP contribution in [0.15, 0.2) is 34.9 Å². The molecule has 1 aromatic heterocycles. The minimum atomic E-state index is -0.163. The van der Waals surface area contributed by atoms with Gasteiger partial charge in [0.25, 0.3) is 0 Å². The van der Waals surface area contributed by atoms with Gasteiger partial charge in [-0.1, -0.05) is 24.3 Å². The topological polar surface area (TPSA) is 26.0 Å². The van der Waals surface area contributed by atoms with E-state index < -0.39 is 0 Å². The first kappa shape index (κ1) is 9.91. The normalized spacial score (nSPS) is 20.0.